The summed E-state index contributed by atoms with van der Waals surface area (Å²) in [5, 5.41) is 0. The molecule has 0 unspecified atom stereocenters. The molecule has 0 amide bonds. The Morgan fingerprint density at radius 1 is 0.913 bits per heavy atom. The van der Waals surface area contributed by atoms with Crippen molar-refractivity contribution in [1.82, 2.24) is 4.90 Å². The molecule has 1 aliphatic rings. The van der Waals surface area contributed by atoms with E-state index in [1.807, 2.05) is 11.8 Å². The van der Waals surface area contributed by atoms with Crippen LogP contribution < -0.4 is 0 Å². The van der Waals surface area contributed by atoms with Gasteiger partial charge in [0.2, 0.25) is 0 Å². The quantitative estimate of drug-likeness (QED) is 0.547. The summed E-state index contributed by atoms with van der Waals surface area (Å²) in [6, 6.07) is 19.3. The van der Waals surface area contributed by atoms with Gasteiger partial charge in [0.1, 0.15) is 0 Å². The fraction of sp³-hybridized carbons (Fsp3) is 0.368. The SMILES string of the molecule is Cl.c1ccc(SCCOCCN2CCc3ccccc3C2)cc1. The molecule has 0 N–H and O–H groups in total. The first-order valence-corrected chi connectivity index (χ1v) is 8.95. The molecule has 0 fully saturated rings. The van der Waals surface area contributed by atoms with E-state index in [4.69, 9.17) is 4.74 Å². The first-order chi connectivity index (χ1) is 10.9. The number of rotatable bonds is 7. The molecule has 1 heterocycles. The zero-order valence-corrected chi connectivity index (χ0v) is 15.0. The third-order valence-corrected chi connectivity index (χ3v) is 4.98. The zero-order chi connectivity index (χ0) is 15.0. The van der Waals surface area contributed by atoms with Gasteiger partial charge in [-0.2, -0.15) is 0 Å². The predicted molar refractivity (Wildman–Crippen MR) is 101 cm³/mol. The van der Waals surface area contributed by atoms with E-state index in [9.17, 15) is 0 Å². The highest BCUT2D eigenvalue weighted by molar-refractivity contribution is 7.99. The Bertz CT molecular complexity index is 579. The van der Waals surface area contributed by atoms with Crippen LogP contribution in [0.5, 0.6) is 0 Å². The van der Waals surface area contributed by atoms with Gasteiger partial charge >= 0.3 is 0 Å². The minimum atomic E-state index is 0. The summed E-state index contributed by atoms with van der Waals surface area (Å²) < 4.78 is 5.78. The van der Waals surface area contributed by atoms with Crippen LogP contribution in [-0.4, -0.2) is 37.0 Å². The van der Waals surface area contributed by atoms with E-state index >= 15 is 0 Å². The molecule has 0 spiro atoms. The Hall–Kier alpha value is -1.00. The third kappa shape index (κ3) is 5.85. The first-order valence-electron chi connectivity index (χ1n) is 7.96. The van der Waals surface area contributed by atoms with E-state index in [0.717, 1.165) is 38.6 Å². The maximum atomic E-state index is 5.78. The molecule has 0 saturated carbocycles. The Kier molecular flexibility index (Phi) is 7.96. The molecule has 2 aromatic carbocycles. The first kappa shape index (κ1) is 18.3. The molecule has 0 saturated heterocycles. The van der Waals surface area contributed by atoms with Gasteiger partial charge in [0, 0.05) is 30.3 Å². The molecular formula is C19H24ClNOS. The lowest BCUT2D eigenvalue weighted by molar-refractivity contribution is 0.110. The molecule has 3 rings (SSSR count). The highest BCUT2D eigenvalue weighted by Crippen LogP contribution is 2.18. The molecule has 23 heavy (non-hydrogen) atoms. The molecule has 124 valence electrons. The number of thioether (sulfide) groups is 1. The number of ether oxygens (including phenoxy) is 1. The van der Waals surface area contributed by atoms with Gasteiger partial charge in [-0.1, -0.05) is 42.5 Å². The zero-order valence-electron chi connectivity index (χ0n) is 13.3. The van der Waals surface area contributed by atoms with Crippen molar-refractivity contribution in [3.63, 3.8) is 0 Å². The Balaban J connectivity index is 0.00000192. The van der Waals surface area contributed by atoms with Crippen molar-refractivity contribution in [3.05, 3.63) is 65.7 Å². The van der Waals surface area contributed by atoms with Gasteiger partial charge in [0.25, 0.3) is 0 Å². The van der Waals surface area contributed by atoms with Crippen LogP contribution in [0, 0.1) is 0 Å². The van der Waals surface area contributed by atoms with Crippen LogP contribution in [0.1, 0.15) is 11.1 Å². The molecular weight excluding hydrogens is 326 g/mol. The summed E-state index contributed by atoms with van der Waals surface area (Å²) in [7, 11) is 0. The van der Waals surface area contributed by atoms with Crippen molar-refractivity contribution in [2.24, 2.45) is 0 Å². The molecule has 0 aromatic heterocycles. The summed E-state index contributed by atoms with van der Waals surface area (Å²) in [6.07, 6.45) is 1.17. The maximum Gasteiger partial charge on any atom is 0.0593 e. The Morgan fingerprint density at radius 2 is 1.65 bits per heavy atom. The van der Waals surface area contributed by atoms with Crippen molar-refractivity contribution in [2.75, 3.05) is 32.1 Å². The van der Waals surface area contributed by atoms with Crippen LogP contribution in [-0.2, 0) is 17.7 Å². The minimum absolute atomic E-state index is 0. The number of halogens is 1. The van der Waals surface area contributed by atoms with Gasteiger partial charge in [0.05, 0.1) is 13.2 Å². The van der Waals surface area contributed by atoms with Crippen molar-refractivity contribution >= 4 is 24.2 Å². The molecule has 4 heteroatoms. The standard InChI is InChI=1S/C19H23NOS.ClH/c1-2-8-19(9-3-1)22-15-14-21-13-12-20-11-10-17-6-4-5-7-18(17)16-20;/h1-9H,10-16H2;1H. The monoisotopic (exact) mass is 349 g/mol. The second kappa shape index (κ2) is 9.99. The van der Waals surface area contributed by atoms with E-state index in [-0.39, 0.29) is 12.4 Å². The van der Waals surface area contributed by atoms with Gasteiger partial charge in [-0.05, 0) is 29.7 Å². The van der Waals surface area contributed by atoms with Crippen molar-refractivity contribution < 1.29 is 4.74 Å². The molecule has 0 aliphatic carbocycles. The van der Waals surface area contributed by atoms with Crippen molar-refractivity contribution in [1.29, 1.82) is 0 Å². The van der Waals surface area contributed by atoms with Crippen molar-refractivity contribution in [2.45, 2.75) is 17.9 Å². The van der Waals surface area contributed by atoms with E-state index < -0.39 is 0 Å². The van der Waals surface area contributed by atoms with Gasteiger partial charge in [-0.15, -0.1) is 24.2 Å². The Morgan fingerprint density at radius 3 is 2.48 bits per heavy atom. The summed E-state index contributed by atoms with van der Waals surface area (Å²) in [6.45, 7) is 4.91. The third-order valence-electron chi connectivity index (χ3n) is 4.00. The fourth-order valence-corrected chi connectivity index (χ4v) is 3.56. The van der Waals surface area contributed by atoms with Crippen LogP contribution in [0.2, 0.25) is 0 Å². The fourth-order valence-electron chi connectivity index (χ4n) is 2.78. The second-order valence-electron chi connectivity index (χ2n) is 5.57. The number of benzene rings is 2. The van der Waals surface area contributed by atoms with Crippen molar-refractivity contribution in [3.8, 4) is 0 Å². The normalized spacial score (nSPS) is 14.1. The number of nitrogens with zero attached hydrogens (tertiary/aromatic N) is 1. The number of hydrogen-bond acceptors (Lipinski definition) is 3. The second-order valence-corrected chi connectivity index (χ2v) is 6.74. The van der Waals surface area contributed by atoms with Gasteiger partial charge in [-0.25, -0.2) is 0 Å². The van der Waals surface area contributed by atoms with Gasteiger partial charge in [0.15, 0.2) is 0 Å². The lowest BCUT2D eigenvalue weighted by Crippen LogP contribution is -2.33. The maximum absolute atomic E-state index is 5.78. The smallest absolute Gasteiger partial charge is 0.0593 e. The van der Waals surface area contributed by atoms with Crippen LogP contribution in [0.15, 0.2) is 59.5 Å². The molecule has 0 bridgehead atoms. The number of fused-ring (bicyclic) bond motifs is 1. The highest BCUT2D eigenvalue weighted by atomic mass is 35.5. The minimum Gasteiger partial charge on any atom is -0.379 e. The number of hydrogen-bond donors (Lipinski definition) is 0. The average molecular weight is 350 g/mol. The summed E-state index contributed by atoms with van der Waals surface area (Å²) in [4.78, 5) is 3.81. The lowest BCUT2D eigenvalue weighted by Gasteiger charge is -2.28. The van der Waals surface area contributed by atoms with E-state index in [1.54, 1.807) is 0 Å². The van der Waals surface area contributed by atoms with Crippen LogP contribution in [0.4, 0.5) is 0 Å². The molecule has 1 aliphatic heterocycles. The van der Waals surface area contributed by atoms with Gasteiger partial charge in [-0.3, -0.25) is 4.90 Å². The summed E-state index contributed by atoms with van der Waals surface area (Å²) in [5.41, 5.74) is 2.99. The van der Waals surface area contributed by atoms with E-state index in [1.165, 1.54) is 22.4 Å². The van der Waals surface area contributed by atoms with Crippen LogP contribution in [0.25, 0.3) is 0 Å². The highest BCUT2D eigenvalue weighted by Gasteiger charge is 2.14. The topological polar surface area (TPSA) is 12.5 Å². The van der Waals surface area contributed by atoms with Crippen LogP contribution >= 0.6 is 24.2 Å². The lowest BCUT2D eigenvalue weighted by atomic mass is 10.0. The van der Waals surface area contributed by atoms with Crippen LogP contribution in [0.3, 0.4) is 0 Å². The largest absolute Gasteiger partial charge is 0.379 e. The molecule has 2 aromatic rings. The summed E-state index contributed by atoms with van der Waals surface area (Å²) >= 11 is 1.86. The average Bonchev–Trinajstić information content (AvgIpc) is 2.59. The molecule has 0 atom stereocenters. The predicted octanol–water partition coefficient (Wildman–Crippen LogP) is 4.28. The Labute approximate surface area is 149 Å². The van der Waals surface area contributed by atoms with Gasteiger partial charge < -0.3 is 4.74 Å². The van der Waals surface area contributed by atoms with E-state index in [2.05, 4.69) is 59.5 Å². The van der Waals surface area contributed by atoms with E-state index in [0.29, 0.717) is 0 Å². The molecule has 0 radical (unpaired) electrons. The summed E-state index contributed by atoms with van der Waals surface area (Å²) in [5.74, 6) is 1.02. The molecule has 2 nitrogen and oxygen atoms in total.